The lowest BCUT2D eigenvalue weighted by Crippen LogP contribution is -2.47. The van der Waals surface area contributed by atoms with Crippen molar-refractivity contribution in [2.45, 2.75) is 44.8 Å². The summed E-state index contributed by atoms with van der Waals surface area (Å²) in [5.74, 6) is 1.95. The van der Waals surface area contributed by atoms with Crippen LogP contribution in [0.3, 0.4) is 0 Å². The molecule has 0 aliphatic carbocycles. The number of rotatable bonds is 5. The van der Waals surface area contributed by atoms with Crippen molar-refractivity contribution in [1.82, 2.24) is 25.1 Å². The zero-order valence-corrected chi connectivity index (χ0v) is 19.5. The number of nitrogens with one attached hydrogen (secondary N) is 1. The first-order valence-electron chi connectivity index (χ1n) is 11.7. The minimum Gasteiger partial charge on any atom is -0.467 e. The summed E-state index contributed by atoms with van der Waals surface area (Å²) in [7, 11) is 1.57. The zero-order valence-electron chi connectivity index (χ0n) is 19.5. The quantitative estimate of drug-likeness (QED) is 0.608. The van der Waals surface area contributed by atoms with Crippen LogP contribution in [0.1, 0.15) is 36.8 Å². The molecule has 4 heterocycles. The number of hydrogen-bond donors (Lipinski definition) is 2. The molecular weight excluding hydrogens is 420 g/mol. The van der Waals surface area contributed by atoms with Gasteiger partial charge in [-0.25, -0.2) is 4.68 Å². The molecule has 9 nitrogen and oxygen atoms in total. The molecule has 0 bridgehead atoms. The van der Waals surface area contributed by atoms with Gasteiger partial charge in [-0.1, -0.05) is 0 Å². The van der Waals surface area contributed by atoms with Gasteiger partial charge in [0, 0.05) is 24.5 Å². The van der Waals surface area contributed by atoms with E-state index < -0.39 is 6.10 Å². The van der Waals surface area contributed by atoms with Crippen LogP contribution in [0.15, 0.2) is 24.4 Å². The Labute approximate surface area is 193 Å². The highest BCUT2D eigenvalue weighted by Crippen LogP contribution is 2.32. The number of benzene rings is 1. The van der Waals surface area contributed by atoms with E-state index in [9.17, 15) is 5.11 Å². The van der Waals surface area contributed by atoms with E-state index in [-0.39, 0.29) is 12.1 Å². The van der Waals surface area contributed by atoms with E-state index in [1.807, 2.05) is 16.9 Å². The number of aryl methyl sites for hydroxylation is 1. The molecule has 2 saturated heterocycles. The highest BCUT2D eigenvalue weighted by Gasteiger charge is 2.26. The number of morpholine rings is 1. The minimum atomic E-state index is -0.553. The fourth-order valence-electron chi connectivity index (χ4n) is 4.90. The van der Waals surface area contributed by atoms with Crippen molar-refractivity contribution >= 4 is 16.7 Å². The predicted molar refractivity (Wildman–Crippen MR) is 126 cm³/mol. The van der Waals surface area contributed by atoms with E-state index >= 15 is 0 Å². The van der Waals surface area contributed by atoms with Crippen molar-refractivity contribution in [3.05, 3.63) is 35.5 Å². The van der Waals surface area contributed by atoms with E-state index in [2.05, 4.69) is 44.3 Å². The van der Waals surface area contributed by atoms with Gasteiger partial charge in [0.25, 0.3) is 0 Å². The van der Waals surface area contributed by atoms with Crippen LogP contribution in [0.2, 0.25) is 0 Å². The van der Waals surface area contributed by atoms with Crippen LogP contribution < -0.4 is 15.0 Å². The molecule has 2 aliphatic heterocycles. The fraction of sp³-hybridized carbons (Fsp3) is 0.542. The van der Waals surface area contributed by atoms with Gasteiger partial charge in [-0.2, -0.15) is 15.1 Å². The second-order valence-corrected chi connectivity index (χ2v) is 9.02. The van der Waals surface area contributed by atoms with Gasteiger partial charge in [-0.05, 0) is 69.0 Å². The summed E-state index contributed by atoms with van der Waals surface area (Å²) in [6.07, 6.45) is 3.37. The number of piperidine rings is 1. The van der Waals surface area contributed by atoms with E-state index in [1.165, 1.54) is 11.1 Å². The maximum atomic E-state index is 9.99. The molecule has 2 aromatic heterocycles. The molecular formula is C24H32N6O3. The Hall–Kier alpha value is -2.75. The minimum absolute atomic E-state index is 0.260. The van der Waals surface area contributed by atoms with Crippen molar-refractivity contribution in [3.8, 4) is 11.8 Å². The van der Waals surface area contributed by atoms with Gasteiger partial charge < -0.3 is 24.8 Å². The first-order chi connectivity index (χ1) is 16.0. The number of ether oxygens (including phenoxy) is 2. The van der Waals surface area contributed by atoms with E-state index in [1.54, 1.807) is 14.0 Å². The maximum absolute atomic E-state index is 9.99. The van der Waals surface area contributed by atoms with Gasteiger partial charge in [0.2, 0.25) is 0 Å². The van der Waals surface area contributed by atoms with Gasteiger partial charge in [-0.15, -0.1) is 0 Å². The van der Waals surface area contributed by atoms with Crippen LogP contribution in [-0.4, -0.2) is 77.0 Å². The summed E-state index contributed by atoms with van der Waals surface area (Å²) in [6, 6.07) is 6.73. The molecule has 0 amide bonds. The Morgan fingerprint density at radius 2 is 1.97 bits per heavy atom. The summed E-state index contributed by atoms with van der Waals surface area (Å²) in [4.78, 5) is 11.3. The summed E-state index contributed by atoms with van der Waals surface area (Å²) in [6.45, 7) is 7.81. The topological polar surface area (TPSA) is 97.6 Å². The molecule has 2 atom stereocenters. The number of aliphatic hydroxyl groups excluding tert-OH is 1. The molecule has 1 aromatic carbocycles. The van der Waals surface area contributed by atoms with Crippen LogP contribution >= 0.6 is 0 Å². The average molecular weight is 453 g/mol. The third-order valence-electron chi connectivity index (χ3n) is 6.77. The molecule has 2 unspecified atom stereocenters. The zero-order chi connectivity index (χ0) is 22.9. The van der Waals surface area contributed by atoms with Crippen molar-refractivity contribution < 1.29 is 14.6 Å². The van der Waals surface area contributed by atoms with Crippen LogP contribution in [0, 0.1) is 6.92 Å². The second-order valence-electron chi connectivity index (χ2n) is 9.02. The summed E-state index contributed by atoms with van der Waals surface area (Å²) in [5, 5.41) is 19.2. The summed E-state index contributed by atoms with van der Waals surface area (Å²) < 4.78 is 13.0. The van der Waals surface area contributed by atoms with Gasteiger partial charge in [0.05, 0.1) is 31.5 Å². The first kappa shape index (κ1) is 22.1. The molecule has 0 saturated carbocycles. The molecule has 2 aliphatic rings. The molecule has 2 fully saturated rings. The Bertz CT molecular complexity index is 1120. The van der Waals surface area contributed by atoms with Crippen LogP contribution in [0.25, 0.3) is 16.7 Å². The van der Waals surface area contributed by atoms with E-state index in [4.69, 9.17) is 9.47 Å². The lowest BCUT2D eigenvalue weighted by molar-refractivity contribution is -0.0366. The van der Waals surface area contributed by atoms with Gasteiger partial charge >= 0.3 is 6.01 Å². The number of nitrogens with zero attached hydrogens (tertiary/aromatic N) is 5. The highest BCUT2D eigenvalue weighted by molar-refractivity contribution is 5.82. The van der Waals surface area contributed by atoms with Crippen LogP contribution in [0.5, 0.6) is 6.01 Å². The molecule has 5 rings (SSSR count). The SMILES string of the molecule is COc1nc(N2CCOC(C(C)O)C2)cc(-n2ncc3cc(C)c(C4CCNCC4)cc32)n1. The lowest BCUT2D eigenvalue weighted by Gasteiger charge is -2.35. The maximum Gasteiger partial charge on any atom is 0.320 e. The highest BCUT2D eigenvalue weighted by atomic mass is 16.5. The molecule has 0 radical (unpaired) electrons. The molecule has 33 heavy (non-hydrogen) atoms. The number of methoxy groups -OCH3 is 1. The predicted octanol–water partition coefficient (Wildman–Crippen LogP) is 2.19. The average Bonchev–Trinajstić information content (AvgIpc) is 3.26. The first-order valence-corrected chi connectivity index (χ1v) is 11.7. The third kappa shape index (κ3) is 4.40. The van der Waals surface area contributed by atoms with Crippen molar-refractivity contribution in [3.63, 3.8) is 0 Å². The standard InChI is InChI=1S/C24H32N6O3/c1-15-10-18-13-26-30(20(18)11-19(15)17-4-6-25-7-5-17)23-12-22(27-24(28-23)32-3)29-8-9-33-21(14-29)16(2)31/h10-13,16-17,21,25,31H,4-9,14H2,1-3H3. The number of anilines is 1. The monoisotopic (exact) mass is 452 g/mol. The summed E-state index contributed by atoms with van der Waals surface area (Å²) in [5.41, 5.74) is 3.73. The van der Waals surface area contributed by atoms with Crippen molar-refractivity contribution in [2.75, 3.05) is 44.8 Å². The number of fused-ring (bicyclic) bond motifs is 1. The molecule has 0 spiro atoms. The second kappa shape index (κ2) is 9.24. The van der Waals surface area contributed by atoms with Gasteiger partial charge in [-0.3, -0.25) is 0 Å². The van der Waals surface area contributed by atoms with E-state index in [0.29, 0.717) is 31.4 Å². The Kier molecular flexibility index (Phi) is 6.18. The van der Waals surface area contributed by atoms with Gasteiger partial charge in [0.15, 0.2) is 5.82 Å². The largest absolute Gasteiger partial charge is 0.467 e. The fourth-order valence-corrected chi connectivity index (χ4v) is 4.90. The van der Waals surface area contributed by atoms with Crippen LogP contribution in [-0.2, 0) is 4.74 Å². The normalized spacial score (nSPS) is 20.8. The Morgan fingerprint density at radius 1 is 1.18 bits per heavy atom. The number of aliphatic hydroxyl groups is 1. The third-order valence-corrected chi connectivity index (χ3v) is 6.77. The summed E-state index contributed by atoms with van der Waals surface area (Å²) >= 11 is 0. The van der Waals surface area contributed by atoms with Crippen molar-refractivity contribution in [2.24, 2.45) is 0 Å². The Balaban J connectivity index is 1.54. The number of aromatic nitrogens is 4. The molecule has 3 aromatic rings. The number of hydrogen-bond acceptors (Lipinski definition) is 8. The van der Waals surface area contributed by atoms with E-state index in [0.717, 1.165) is 42.7 Å². The molecule has 9 heteroatoms. The Morgan fingerprint density at radius 3 is 2.73 bits per heavy atom. The smallest absolute Gasteiger partial charge is 0.320 e. The molecule has 2 N–H and O–H groups in total. The lowest BCUT2D eigenvalue weighted by atomic mass is 9.87. The molecule has 176 valence electrons. The van der Waals surface area contributed by atoms with Gasteiger partial charge in [0.1, 0.15) is 11.9 Å². The van der Waals surface area contributed by atoms with Crippen LogP contribution in [0.4, 0.5) is 5.82 Å². The van der Waals surface area contributed by atoms with Crippen molar-refractivity contribution in [1.29, 1.82) is 0 Å².